The predicted molar refractivity (Wildman–Crippen MR) is 110 cm³/mol. The Bertz CT molecular complexity index is 1050. The fraction of sp³-hybridized carbons (Fsp3) is 0.318. The molecule has 2 heterocycles. The van der Waals surface area contributed by atoms with E-state index in [4.69, 9.17) is 5.73 Å². The first-order chi connectivity index (χ1) is 13.6. The Morgan fingerprint density at radius 2 is 1.71 bits per heavy atom. The molecule has 1 atom stereocenters. The largest absolute Gasteiger partial charge is 0.341 e. The molecule has 2 N–H and O–H groups in total. The predicted octanol–water partition coefficient (Wildman–Crippen LogP) is 2.40. The zero-order chi connectivity index (χ0) is 19.5. The number of carbonyl (C=O) groups excluding carboxylic acids is 1. The SMILES string of the molecule is NC1CCCN(C(=O)Cn2nc(-c3ccccc3)c3ccccc3c2=O)CC1. The molecule has 0 radical (unpaired) electrons. The van der Waals surface area contributed by atoms with Crippen LogP contribution in [0.3, 0.4) is 0 Å². The first kappa shape index (κ1) is 18.4. The number of fused-ring (bicyclic) bond motifs is 1. The maximum Gasteiger partial charge on any atom is 0.275 e. The second-order valence-electron chi connectivity index (χ2n) is 7.29. The number of amides is 1. The van der Waals surface area contributed by atoms with Crippen molar-refractivity contribution in [1.29, 1.82) is 0 Å². The highest BCUT2D eigenvalue weighted by Crippen LogP contribution is 2.24. The van der Waals surface area contributed by atoms with Crippen LogP contribution in [0.5, 0.6) is 0 Å². The van der Waals surface area contributed by atoms with E-state index in [1.54, 1.807) is 11.0 Å². The number of nitrogens with zero attached hydrogens (tertiary/aromatic N) is 3. The van der Waals surface area contributed by atoms with Gasteiger partial charge in [-0.3, -0.25) is 9.59 Å². The van der Waals surface area contributed by atoms with E-state index < -0.39 is 0 Å². The summed E-state index contributed by atoms with van der Waals surface area (Å²) in [5.74, 6) is -0.0852. The number of rotatable bonds is 3. The fourth-order valence-corrected chi connectivity index (χ4v) is 3.75. The number of likely N-dealkylation sites (tertiary alicyclic amines) is 1. The molecule has 28 heavy (non-hydrogen) atoms. The van der Waals surface area contributed by atoms with Crippen LogP contribution in [0.4, 0.5) is 0 Å². The zero-order valence-electron chi connectivity index (χ0n) is 15.8. The third-order valence-corrected chi connectivity index (χ3v) is 5.33. The summed E-state index contributed by atoms with van der Waals surface area (Å²) in [6.07, 6.45) is 2.61. The molecule has 1 unspecified atom stereocenters. The smallest absolute Gasteiger partial charge is 0.275 e. The van der Waals surface area contributed by atoms with Gasteiger partial charge >= 0.3 is 0 Å². The topological polar surface area (TPSA) is 81.2 Å². The Labute approximate surface area is 163 Å². The molecule has 1 saturated heterocycles. The van der Waals surface area contributed by atoms with Crippen molar-refractivity contribution in [2.75, 3.05) is 13.1 Å². The molecule has 3 aromatic rings. The standard InChI is InChI=1S/C22H24N4O2/c23-17-9-6-13-25(14-12-17)20(27)15-26-22(28)19-11-5-4-10-18(19)21(24-26)16-7-2-1-3-8-16/h1-5,7-8,10-11,17H,6,9,12-15,23H2. The van der Waals surface area contributed by atoms with Crippen molar-refractivity contribution in [3.63, 3.8) is 0 Å². The van der Waals surface area contributed by atoms with Crippen molar-refractivity contribution in [3.05, 3.63) is 65.0 Å². The van der Waals surface area contributed by atoms with Crippen LogP contribution in [0.25, 0.3) is 22.0 Å². The lowest BCUT2D eigenvalue weighted by Gasteiger charge is -2.21. The highest BCUT2D eigenvalue weighted by molar-refractivity contribution is 5.93. The average Bonchev–Trinajstić information content (AvgIpc) is 2.95. The van der Waals surface area contributed by atoms with E-state index in [1.807, 2.05) is 48.5 Å². The Kier molecular flexibility index (Phi) is 5.21. The molecule has 1 aromatic heterocycles. The minimum atomic E-state index is -0.241. The van der Waals surface area contributed by atoms with Crippen molar-refractivity contribution in [1.82, 2.24) is 14.7 Å². The van der Waals surface area contributed by atoms with Crippen molar-refractivity contribution in [2.45, 2.75) is 31.8 Å². The second kappa shape index (κ2) is 7.94. The van der Waals surface area contributed by atoms with Crippen LogP contribution in [0.1, 0.15) is 19.3 Å². The van der Waals surface area contributed by atoms with Crippen LogP contribution in [-0.2, 0) is 11.3 Å². The van der Waals surface area contributed by atoms with E-state index in [1.165, 1.54) is 4.68 Å². The monoisotopic (exact) mass is 376 g/mol. The molecule has 2 aromatic carbocycles. The summed E-state index contributed by atoms with van der Waals surface area (Å²) in [6.45, 7) is 1.26. The first-order valence-electron chi connectivity index (χ1n) is 9.72. The molecule has 0 bridgehead atoms. The minimum absolute atomic E-state index is 0.0568. The summed E-state index contributed by atoms with van der Waals surface area (Å²) in [5, 5.41) is 5.94. The van der Waals surface area contributed by atoms with Gasteiger partial charge in [0.15, 0.2) is 0 Å². The quantitative estimate of drug-likeness (QED) is 0.761. The van der Waals surface area contributed by atoms with Crippen LogP contribution >= 0.6 is 0 Å². The van der Waals surface area contributed by atoms with Gasteiger partial charge in [0.1, 0.15) is 6.54 Å². The number of carbonyl (C=O) groups is 1. The molecule has 1 amide bonds. The average molecular weight is 376 g/mol. The van der Waals surface area contributed by atoms with Gasteiger partial charge in [0, 0.05) is 30.1 Å². The summed E-state index contributed by atoms with van der Waals surface area (Å²) in [7, 11) is 0. The Hall–Kier alpha value is -2.99. The molecule has 144 valence electrons. The van der Waals surface area contributed by atoms with Crippen molar-refractivity contribution in [2.24, 2.45) is 5.73 Å². The maximum atomic E-state index is 13.0. The van der Waals surface area contributed by atoms with Gasteiger partial charge in [-0.1, -0.05) is 48.5 Å². The summed E-state index contributed by atoms with van der Waals surface area (Å²) >= 11 is 0. The van der Waals surface area contributed by atoms with Crippen LogP contribution in [0, 0.1) is 0 Å². The van der Waals surface area contributed by atoms with Gasteiger partial charge in [0.05, 0.1) is 11.1 Å². The van der Waals surface area contributed by atoms with Gasteiger partial charge in [-0.2, -0.15) is 5.10 Å². The molecule has 1 aliphatic heterocycles. The normalized spacial score (nSPS) is 17.5. The van der Waals surface area contributed by atoms with Crippen molar-refractivity contribution in [3.8, 4) is 11.3 Å². The molecule has 0 aliphatic carbocycles. The minimum Gasteiger partial charge on any atom is -0.341 e. The van der Waals surface area contributed by atoms with Crippen LogP contribution in [0.2, 0.25) is 0 Å². The van der Waals surface area contributed by atoms with Crippen LogP contribution in [0.15, 0.2) is 59.4 Å². The van der Waals surface area contributed by atoms with E-state index >= 15 is 0 Å². The lowest BCUT2D eigenvalue weighted by atomic mass is 10.1. The Morgan fingerprint density at radius 1 is 1.00 bits per heavy atom. The molecule has 6 nitrogen and oxygen atoms in total. The third kappa shape index (κ3) is 3.68. The van der Waals surface area contributed by atoms with E-state index in [2.05, 4.69) is 5.10 Å². The van der Waals surface area contributed by atoms with Gasteiger partial charge in [-0.25, -0.2) is 4.68 Å². The summed E-state index contributed by atoms with van der Waals surface area (Å²) in [4.78, 5) is 27.6. The number of nitrogens with two attached hydrogens (primary N) is 1. The number of hydrogen-bond acceptors (Lipinski definition) is 4. The Morgan fingerprint density at radius 3 is 2.50 bits per heavy atom. The molecule has 4 rings (SSSR count). The molecule has 1 fully saturated rings. The van der Waals surface area contributed by atoms with E-state index in [0.717, 1.165) is 30.2 Å². The second-order valence-corrected chi connectivity index (χ2v) is 7.29. The van der Waals surface area contributed by atoms with Crippen LogP contribution in [-0.4, -0.2) is 39.7 Å². The van der Waals surface area contributed by atoms with Gasteiger partial charge in [0.2, 0.25) is 5.91 Å². The lowest BCUT2D eigenvalue weighted by Crippen LogP contribution is -2.38. The number of aromatic nitrogens is 2. The van der Waals surface area contributed by atoms with E-state index in [9.17, 15) is 9.59 Å². The van der Waals surface area contributed by atoms with Gasteiger partial charge < -0.3 is 10.6 Å². The molecule has 1 aliphatic rings. The molecular weight excluding hydrogens is 352 g/mol. The van der Waals surface area contributed by atoms with E-state index in [0.29, 0.717) is 24.2 Å². The van der Waals surface area contributed by atoms with E-state index in [-0.39, 0.29) is 24.1 Å². The van der Waals surface area contributed by atoms with Gasteiger partial charge in [-0.15, -0.1) is 0 Å². The third-order valence-electron chi connectivity index (χ3n) is 5.33. The molecular formula is C22H24N4O2. The molecule has 0 spiro atoms. The first-order valence-corrected chi connectivity index (χ1v) is 9.72. The maximum absolute atomic E-state index is 13.0. The summed E-state index contributed by atoms with van der Waals surface area (Å²) < 4.78 is 1.30. The lowest BCUT2D eigenvalue weighted by molar-refractivity contribution is -0.132. The number of benzene rings is 2. The molecule has 6 heteroatoms. The number of hydrogen-bond donors (Lipinski definition) is 1. The van der Waals surface area contributed by atoms with Gasteiger partial charge in [0.25, 0.3) is 5.56 Å². The summed E-state index contributed by atoms with van der Waals surface area (Å²) in [5.41, 5.74) is 7.40. The highest BCUT2D eigenvalue weighted by atomic mass is 16.2. The zero-order valence-corrected chi connectivity index (χ0v) is 15.8. The fourth-order valence-electron chi connectivity index (χ4n) is 3.75. The highest BCUT2D eigenvalue weighted by Gasteiger charge is 2.21. The van der Waals surface area contributed by atoms with Crippen LogP contribution < -0.4 is 11.3 Å². The summed E-state index contributed by atoms with van der Waals surface area (Å²) in [6, 6.07) is 17.3. The van der Waals surface area contributed by atoms with Crippen molar-refractivity contribution < 1.29 is 4.79 Å². The van der Waals surface area contributed by atoms with Crippen molar-refractivity contribution >= 4 is 16.7 Å². The van der Waals surface area contributed by atoms with Gasteiger partial charge in [-0.05, 0) is 25.3 Å². The molecule has 0 saturated carbocycles. The Balaban J connectivity index is 1.72.